The Morgan fingerprint density at radius 2 is 2.30 bits per heavy atom. The van der Waals surface area contributed by atoms with E-state index in [2.05, 4.69) is 6.92 Å². The van der Waals surface area contributed by atoms with Crippen LogP contribution < -0.4 is 0 Å². The predicted octanol–water partition coefficient (Wildman–Crippen LogP) is 2.05. The molecule has 0 aliphatic rings. The summed E-state index contributed by atoms with van der Waals surface area (Å²) in [7, 11) is 0. The zero-order valence-electron chi connectivity index (χ0n) is 5.80. The number of hydrogen-bond donors (Lipinski definition) is 0. The fourth-order valence-electron chi connectivity index (χ4n) is 0.339. The van der Waals surface area contributed by atoms with E-state index >= 15 is 0 Å². The van der Waals surface area contributed by atoms with E-state index in [1.165, 1.54) is 11.8 Å². The highest BCUT2D eigenvalue weighted by Gasteiger charge is 2.08. The van der Waals surface area contributed by atoms with E-state index in [4.69, 9.17) is 11.6 Å². The molecule has 0 N–H and O–H groups in total. The van der Waals surface area contributed by atoms with E-state index in [1.807, 2.05) is 6.26 Å². The van der Waals surface area contributed by atoms with E-state index in [0.717, 1.165) is 11.5 Å². The summed E-state index contributed by atoms with van der Waals surface area (Å²) in [5.74, 6) is 1.98. The van der Waals surface area contributed by atoms with Gasteiger partial charge in [-0.15, -0.1) is 11.8 Å². The van der Waals surface area contributed by atoms with Crippen molar-refractivity contribution in [2.45, 2.75) is 5.25 Å². The van der Waals surface area contributed by atoms with Gasteiger partial charge in [-0.2, -0.15) is 11.8 Å². The van der Waals surface area contributed by atoms with Gasteiger partial charge in [-0.25, -0.2) is 0 Å². The Hall–Kier alpha value is 0.660. The van der Waals surface area contributed by atoms with Gasteiger partial charge in [0.1, 0.15) is 0 Å². The maximum absolute atomic E-state index is 10.4. The molecule has 0 bridgehead atoms. The fourth-order valence-corrected chi connectivity index (χ4v) is 2.00. The molecule has 0 saturated heterocycles. The van der Waals surface area contributed by atoms with Crippen LogP contribution in [0.5, 0.6) is 0 Å². The van der Waals surface area contributed by atoms with Crippen LogP contribution >= 0.6 is 35.1 Å². The van der Waals surface area contributed by atoms with Gasteiger partial charge >= 0.3 is 0 Å². The van der Waals surface area contributed by atoms with E-state index in [-0.39, 0.29) is 10.5 Å². The van der Waals surface area contributed by atoms with Gasteiger partial charge in [-0.1, -0.05) is 0 Å². The summed E-state index contributed by atoms with van der Waals surface area (Å²) in [5, 5.41) is -0.653. The number of rotatable bonds is 5. The van der Waals surface area contributed by atoms with Crippen molar-refractivity contribution in [3.63, 3.8) is 0 Å². The normalized spacial score (nSPS) is 13.1. The van der Waals surface area contributed by atoms with Gasteiger partial charge in [0.15, 0.2) is 0 Å². The number of hydrogen-bond acceptors (Lipinski definition) is 3. The lowest BCUT2D eigenvalue weighted by Gasteiger charge is -2.03. The lowest BCUT2D eigenvalue weighted by atomic mass is 10.5. The van der Waals surface area contributed by atoms with Gasteiger partial charge < -0.3 is 0 Å². The second kappa shape index (κ2) is 6.38. The highest BCUT2D eigenvalue weighted by atomic mass is 35.5. The van der Waals surface area contributed by atoms with Crippen molar-refractivity contribution in [2.24, 2.45) is 0 Å². The largest absolute Gasteiger partial charge is 0.280 e. The lowest BCUT2D eigenvalue weighted by molar-refractivity contribution is -0.110. The third-order valence-corrected chi connectivity index (χ3v) is 3.18. The van der Waals surface area contributed by atoms with Gasteiger partial charge in [0.25, 0.3) is 0 Å². The summed E-state index contributed by atoms with van der Waals surface area (Å²) >= 11 is 8.43. The SMILES string of the molecule is [CH2]C(SCCSC)C(=O)Cl. The molecular formula is C6H10ClOS2. The molecule has 0 rings (SSSR count). The van der Waals surface area contributed by atoms with Crippen molar-refractivity contribution in [3.05, 3.63) is 6.92 Å². The Balaban J connectivity index is 3.21. The molecule has 10 heavy (non-hydrogen) atoms. The van der Waals surface area contributed by atoms with E-state index in [0.29, 0.717) is 0 Å². The number of thioether (sulfide) groups is 2. The summed E-state index contributed by atoms with van der Waals surface area (Å²) in [5.41, 5.74) is 0. The van der Waals surface area contributed by atoms with Crippen molar-refractivity contribution in [3.8, 4) is 0 Å². The second-order valence-corrected chi connectivity index (χ2v) is 4.33. The van der Waals surface area contributed by atoms with Crippen molar-refractivity contribution in [1.29, 1.82) is 0 Å². The van der Waals surface area contributed by atoms with E-state index in [1.54, 1.807) is 11.8 Å². The quantitative estimate of drug-likeness (QED) is 0.496. The molecule has 0 aliphatic heterocycles. The Bertz CT molecular complexity index is 108. The van der Waals surface area contributed by atoms with Crippen LogP contribution in [0.25, 0.3) is 0 Å². The van der Waals surface area contributed by atoms with E-state index < -0.39 is 0 Å². The summed E-state index contributed by atoms with van der Waals surface area (Å²) in [6.45, 7) is 3.58. The molecule has 0 heterocycles. The monoisotopic (exact) mass is 197 g/mol. The minimum atomic E-state index is -0.355. The van der Waals surface area contributed by atoms with Crippen LogP contribution in [0.2, 0.25) is 0 Å². The molecular weight excluding hydrogens is 188 g/mol. The van der Waals surface area contributed by atoms with Crippen molar-refractivity contribution >= 4 is 40.4 Å². The topological polar surface area (TPSA) is 17.1 Å². The third kappa shape index (κ3) is 5.45. The lowest BCUT2D eigenvalue weighted by Crippen LogP contribution is -2.07. The Kier molecular flexibility index (Phi) is 6.80. The number of carbonyl (C=O) groups is 1. The molecule has 1 radical (unpaired) electrons. The van der Waals surface area contributed by atoms with Gasteiger partial charge in [-0.3, -0.25) is 4.79 Å². The van der Waals surface area contributed by atoms with Crippen molar-refractivity contribution in [1.82, 2.24) is 0 Å². The predicted molar refractivity (Wildman–Crippen MR) is 50.8 cm³/mol. The smallest absolute Gasteiger partial charge is 0.234 e. The first-order valence-corrected chi connectivity index (χ1v) is 5.63. The summed E-state index contributed by atoms with van der Waals surface area (Å²) in [6, 6.07) is 0. The first-order chi connectivity index (χ1) is 4.68. The molecule has 0 aromatic heterocycles. The summed E-state index contributed by atoms with van der Waals surface area (Å²) in [4.78, 5) is 10.4. The minimum absolute atomic E-state index is 0.297. The zero-order valence-corrected chi connectivity index (χ0v) is 8.19. The number of halogens is 1. The first-order valence-electron chi connectivity index (χ1n) is 2.81. The van der Waals surface area contributed by atoms with Crippen LogP contribution in [0.3, 0.4) is 0 Å². The van der Waals surface area contributed by atoms with Gasteiger partial charge in [0.05, 0.1) is 5.25 Å². The maximum atomic E-state index is 10.4. The molecule has 1 nitrogen and oxygen atoms in total. The highest BCUT2D eigenvalue weighted by Crippen LogP contribution is 2.13. The molecule has 59 valence electrons. The molecule has 0 aromatic carbocycles. The van der Waals surface area contributed by atoms with E-state index in [9.17, 15) is 4.79 Å². The molecule has 0 amide bonds. The third-order valence-electron chi connectivity index (χ3n) is 0.860. The average Bonchev–Trinajstić information content (AvgIpc) is 1.88. The first kappa shape index (κ1) is 10.7. The molecule has 0 fully saturated rings. The van der Waals surface area contributed by atoms with Crippen molar-refractivity contribution < 1.29 is 4.79 Å². The van der Waals surface area contributed by atoms with Gasteiger partial charge in [-0.05, 0) is 24.8 Å². The van der Waals surface area contributed by atoms with Crippen LogP contribution in [0.4, 0.5) is 0 Å². The van der Waals surface area contributed by atoms with Crippen LogP contribution in [0, 0.1) is 6.92 Å². The van der Waals surface area contributed by atoms with Crippen LogP contribution in [-0.4, -0.2) is 28.3 Å². The Morgan fingerprint density at radius 3 is 2.70 bits per heavy atom. The molecule has 0 spiro atoms. The standard InChI is InChI=1S/C6H10ClOS2/c1-5(6(7)8)10-4-3-9-2/h5H,1,3-4H2,2H3. The Labute approximate surface area is 75.3 Å². The second-order valence-electron chi connectivity index (χ2n) is 1.66. The Morgan fingerprint density at radius 1 is 1.70 bits per heavy atom. The summed E-state index contributed by atoms with van der Waals surface area (Å²) in [6.07, 6.45) is 2.03. The van der Waals surface area contributed by atoms with Gasteiger partial charge in [0, 0.05) is 11.5 Å². The number of carbonyl (C=O) groups excluding carboxylic acids is 1. The molecule has 0 saturated carbocycles. The molecule has 0 aliphatic carbocycles. The van der Waals surface area contributed by atoms with Crippen LogP contribution in [-0.2, 0) is 4.79 Å². The zero-order chi connectivity index (χ0) is 7.98. The van der Waals surface area contributed by atoms with Crippen molar-refractivity contribution in [2.75, 3.05) is 17.8 Å². The van der Waals surface area contributed by atoms with Gasteiger partial charge in [0.2, 0.25) is 5.24 Å². The minimum Gasteiger partial charge on any atom is -0.280 e. The van der Waals surface area contributed by atoms with Crippen LogP contribution in [0.15, 0.2) is 0 Å². The van der Waals surface area contributed by atoms with Crippen LogP contribution in [0.1, 0.15) is 0 Å². The fraction of sp³-hybridized carbons (Fsp3) is 0.667. The maximum Gasteiger partial charge on any atom is 0.234 e. The summed E-state index contributed by atoms with van der Waals surface area (Å²) < 4.78 is 0. The molecule has 1 atom stereocenters. The highest BCUT2D eigenvalue weighted by molar-refractivity contribution is 8.03. The molecule has 0 aromatic rings. The molecule has 4 heteroatoms. The average molecular weight is 198 g/mol. The molecule has 1 unspecified atom stereocenters.